The van der Waals surface area contributed by atoms with Crippen molar-refractivity contribution < 1.29 is 9.47 Å². The van der Waals surface area contributed by atoms with Gasteiger partial charge in [-0.15, -0.1) is 0 Å². The number of rotatable bonds is 4. The van der Waals surface area contributed by atoms with Crippen molar-refractivity contribution >= 4 is 44.6 Å². The molecule has 0 spiro atoms. The van der Waals surface area contributed by atoms with Crippen LogP contribution >= 0.6 is 0 Å². The Morgan fingerprint density at radius 2 is 0.830 bits per heavy atom. The Morgan fingerprint density at radius 3 is 1.57 bits per heavy atom. The largest absolute Gasteiger partial charge is 0.458 e. The smallest absolute Gasteiger partial charge is 0.260 e. The summed E-state index contributed by atoms with van der Waals surface area (Å²) in [5, 5.41) is 4.94. The summed E-state index contributed by atoms with van der Waals surface area (Å²) in [5.74, 6) is 3.49. The fourth-order valence-corrected chi connectivity index (χ4v) is 8.72. The molecule has 0 bridgehead atoms. The number of benzene rings is 9. The molecule has 2 aliphatic heterocycles. The van der Waals surface area contributed by atoms with Crippen LogP contribution in [0.25, 0.3) is 66.1 Å². The number of para-hydroxylation sites is 1. The van der Waals surface area contributed by atoms with Gasteiger partial charge in [0.1, 0.15) is 23.0 Å². The van der Waals surface area contributed by atoms with Crippen LogP contribution in [0.1, 0.15) is 0 Å². The van der Waals surface area contributed by atoms with Gasteiger partial charge in [-0.3, -0.25) is 0 Å². The van der Waals surface area contributed by atoms with Gasteiger partial charge in [0.15, 0.2) is 0 Å². The first-order valence-electron chi connectivity index (χ1n) is 18.2. The molecule has 0 N–H and O–H groups in total. The molecule has 246 valence electrons. The Kier molecular flexibility index (Phi) is 6.68. The molecule has 9 aromatic carbocycles. The van der Waals surface area contributed by atoms with E-state index in [0.29, 0.717) is 0 Å². The molecule has 0 atom stereocenters. The van der Waals surface area contributed by atoms with Gasteiger partial charge in [-0.05, 0) is 107 Å². The second-order valence-corrected chi connectivity index (χ2v) is 13.9. The van der Waals surface area contributed by atoms with Crippen LogP contribution in [-0.4, -0.2) is 6.71 Å². The summed E-state index contributed by atoms with van der Waals surface area (Å²) < 4.78 is 13.0. The molecule has 2 nitrogen and oxygen atoms in total. The van der Waals surface area contributed by atoms with Crippen LogP contribution in [0.4, 0.5) is 0 Å². The topological polar surface area (TPSA) is 18.5 Å². The normalized spacial score (nSPS) is 12.4. The van der Waals surface area contributed by atoms with Gasteiger partial charge in [-0.1, -0.05) is 158 Å². The molecule has 2 heterocycles. The van der Waals surface area contributed by atoms with Gasteiger partial charge < -0.3 is 9.47 Å². The van der Waals surface area contributed by atoms with Gasteiger partial charge in [-0.2, -0.15) is 0 Å². The lowest BCUT2D eigenvalue weighted by Gasteiger charge is -2.33. The average Bonchev–Trinajstić information content (AvgIpc) is 3.23. The van der Waals surface area contributed by atoms with E-state index in [2.05, 4.69) is 164 Å². The molecule has 0 aromatic heterocycles. The van der Waals surface area contributed by atoms with Crippen LogP contribution < -0.4 is 25.9 Å². The summed E-state index contributed by atoms with van der Waals surface area (Å²) in [7, 11) is 0. The summed E-state index contributed by atoms with van der Waals surface area (Å²) in [6.07, 6.45) is 0. The number of ether oxygens (including phenoxy) is 2. The monoisotopic (exact) mass is 674 g/mol. The van der Waals surface area contributed by atoms with Gasteiger partial charge in [0.2, 0.25) is 0 Å². The van der Waals surface area contributed by atoms with Crippen molar-refractivity contribution in [2.24, 2.45) is 0 Å². The average molecular weight is 675 g/mol. The molecule has 11 rings (SSSR count). The second kappa shape index (κ2) is 11.9. The van der Waals surface area contributed by atoms with E-state index in [9.17, 15) is 0 Å². The summed E-state index contributed by atoms with van der Waals surface area (Å²) in [4.78, 5) is 0. The maximum Gasteiger partial charge on any atom is 0.260 e. The number of hydrogen-bond donors (Lipinski definition) is 0. The Balaban J connectivity index is 1.13. The first kappa shape index (κ1) is 29.9. The van der Waals surface area contributed by atoms with Crippen LogP contribution in [0.5, 0.6) is 23.0 Å². The highest BCUT2D eigenvalue weighted by Crippen LogP contribution is 2.47. The van der Waals surface area contributed by atoms with Crippen molar-refractivity contribution in [3.8, 4) is 67.5 Å². The van der Waals surface area contributed by atoms with Crippen molar-refractivity contribution in [1.82, 2.24) is 0 Å². The second-order valence-electron chi connectivity index (χ2n) is 13.9. The van der Waals surface area contributed by atoms with Crippen molar-refractivity contribution in [2.75, 3.05) is 0 Å². The van der Waals surface area contributed by atoms with Gasteiger partial charge in [-0.25, -0.2) is 0 Å². The predicted octanol–water partition coefficient (Wildman–Crippen LogP) is 11.4. The predicted molar refractivity (Wildman–Crippen MR) is 221 cm³/mol. The lowest BCUT2D eigenvalue weighted by molar-refractivity contribution is 0.464. The van der Waals surface area contributed by atoms with Crippen LogP contribution in [0.2, 0.25) is 0 Å². The molecule has 0 unspecified atom stereocenters. The molecule has 9 aromatic rings. The minimum Gasteiger partial charge on any atom is -0.458 e. The summed E-state index contributed by atoms with van der Waals surface area (Å²) in [6, 6.07) is 67.5. The van der Waals surface area contributed by atoms with Crippen LogP contribution in [0.15, 0.2) is 188 Å². The Bertz CT molecular complexity index is 2840. The standard InChI is InChI=1S/C50H31BO2/c1-2-14-32(15-3-1)33-16-12-17-35(30-33)48-38-20-6-8-22-40(38)49(41-23-9-7-21-39(41)48)37-19-5-4-18-36(37)34-28-29-45-43(31-34)51-42-24-10-11-25-44(42)52-46-26-13-27-47(53-45)50(46)51/h1-31H. The Labute approximate surface area is 308 Å². The lowest BCUT2D eigenvalue weighted by atomic mass is 9.35. The van der Waals surface area contributed by atoms with Gasteiger partial charge >= 0.3 is 0 Å². The minimum absolute atomic E-state index is 0.00889. The highest BCUT2D eigenvalue weighted by atomic mass is 16.5. The van der Waals surface area contributed by atoms with E-state index in [0.717, 1.165) is 44.9 Å². The van der Waals surface area contributed by atoms with Crippen LogP contribution in [0.3, 0.4) is 0 Å². The number of fused-ring (bicyclic) bond motifs is 6. The van der Waals surface area contributed by atoms with Crippen molar-refractivity contribution in [3.05, 3.63) is 188 Å². The van der Waals surface area contributed by atoms with Crippen LogP contribution in [0, 0.1) is 0 Å². The van der Waals surface area contributed by atoms with Crippen LogP contribution in [-0.2, 0) is 0 Å². The van der Waals surface area contributed by atoms with Gasteiger partial charge in [0.25, 0.3) is 6.71 Å². The van der Waals surface area contributed by atoms with E-state index in [-0.39, 0.29) is 6.71 Å². The maximum absolute atomic E-state index is 6.57. The van der Waals surface area contributed by atoms with Crippen molar-refractivity contribution in [3.63, 3.8) is 0 Å². The summed E-state index contributed by atoms with van der Waals surface area (Å²) in [5.41, 5.74) is 13.1. The SMILES string of the molecule is c1ccc(-c2cccc(-c3c4ccccc4c(-c4ccccc4-c4ccc5c(c4)B4c6ccccc6Oc6cccc(c64)O5)c4ccccc34)c2)cc1. The highest BCUT2D eigenvalue weighted by molar-refractivity contribution is 6.98. The molecular formula is C50H31BO2. The molecule has 0 radical (unpaired) electrons. The fourth-order valence-electron chi connectivity index (χ4n) is 8.72. The van der Waals surface area contributed by atoms with E-state index in [1.807, 2.05) is 24.3 Å². The Morgan fingerprint density at radius 1 is 0.302 bits per heavy atom. The van der Waals surface area contributed by atoms with E-state index in [1.165, 1.54) is 60.5 Å². The van der Waals surface area contributed by atoms with E-state index in [1.54, 1.807) is 0 Å². The molecule has 0 fully saturated rings. The zero-order valence-corrected chi connectivity index (χ0v) is 28.8. The molecular weight excluding hydrogens is 643 g/mol. The minimum atomic E-state index is 0.00889. The quantitative estimate of drug-likeness (QED) is 0.137. The zero-order chi connectivity index (χ0) is 34.9. The van der Waals surface area contributed by atoms with E-state index < -0.39 is 0 Å². The Hall–Kier alpha value is -6.84. The molecule has 0 saturated heterocycles. The van der Waals surface area contributed by atoms with Crippen molar-refractivity contribution in [1.29, 1.82) is 0 Å². The third kappa shape index (κ3) is 4.68. The molecule has 3 heteroatoms. The van der Waals surface area contributed by atoms with E-state index in [4.69, 9.17) is 9.47 Å². The summed E-state index contributed by atoms with van der Waals surface area (Å²) >= 11 is 0. The first-order valence-corrected chi connectivity index (χ1v) is 18.2. The maximum atomic E-state index is 6.57. The zero-order valence-electron chi connectivity index (χ0n) is 28.8. The molecule has 53 heavy (non-hydrogen) atoms. The lowest BCUT2D eigenvalue weighted by Crippen LogP contribution is -2.57. The molecule has 0 aliphatic carbocycles. The summed E-state index contributed by atoms with van der Waals surface area (Å²) in [6.45, 7) is 0.00889. The molecule has 2 aliphatic rings. The van der Waals surface area contributed by atoms with Gasteiger partial charge in [0.05, 0.1) is 0 Å². The molecule has 0 amide bonds. The van der Waals surface area contributed by atoms with E-state index >= 15 is 0 Å². The third-order valence-corrected chi connectivity index (χ3v) is 11.0. The molecule has 0 saturated carbocycles. The number of hydrogen-bond acceptors (Lipinski definition) is 2. The fraction of sp³-hybridized carbons (Fsp3) is 0. The first-order chi connectivity index (χ1) is 26.3. The highest BCUT2D eigenvalue weighted by Gasteiger charge is 2.40. The third-order valence-electron chi connectivity index (χ3n) is 11.0. The van der Waals surface area contributed by atoms with Crippen molar-refractivity contribution in [2.45, 2.75) is 0 Å². The van der Waals surface area contributed by atoms with Gasteiger partial charge in [0, 0.05) is 5.46 Å².